The molecule has 0 aromatic carbocycles. The van der Waals surface area contributed by atoms with Gasteiger partial charge in [-0.3, -0.25) is 14.5 Å². The molecule has 3 unspecified atom stereocenters. The minimum absolute atomic E-state index is 0.00511. The van der Waals surface area contributed by atoms with Crippen LogP contribution in [0.3, 0.4) is 0 Å². The lowest BCUT2D eigenvalue weighted by molar-refractivity contribution is -0.126. The van der Waals surface area contributed by atoms with Crippen LogP contribution in [0.25, 0.3) is 0 Å². The van der Waals surface area contributed by atoms with Crippen LogP contribution in [0.2, 0.25) is 0 Å². The number of carbonyl (C=O) groups is 2. The predicted octanol–water partition coefficient (Wildman–Crippen LogP) is -0.299. The lowest BCUT2D eigenvalue weighted by atomic mass is 9.96. The van der Waals surface area contributed by atoms with Gasteiger partial charge in [0, 0.05) is 20.1 Å². The first-order valence-corrected chi connectivity index (χ1v) is 8.08. The van der Waals surface area contributed by atoms with Crippen LogP contribution in [-0.4, -0.2) is 62.0 Å². The monoisotopic (exact) mass is 296 g/mol. The minimum atomic E-state index is -0.0926. The van der Waals surface area contributed by atoms with Gasteiger partial charge in [-0.1, -0.05) is 0 Å². The molecule has 2 saturated heterocycles. The van der Waals surface area contributed by atoms with Crippen LogP contribution in [0, 0.1) is 5.92 Å². The van der Waals surface area contributed by atoms with Crippen molar-refractivity contribution >= 4 is 11.8 Å². The van der Waals surface area contributed by atoms with Crippen LogP contribution < -0.4 is 16.0 Å². The average Bonchev–Trinajstić information content (AvgIpc) is 3.05. The fourth-order valence-electron chi connectivity index (χ4n) is 3.27. The summed E-state index contributed by atoms with van der Waals surface area (Å²) in [6.07, 6.45) is 4.23. The summed E-state index contributed by atoms with van der Waals surface area (Å²) < 4.78 is 0. The molecule has 2 amide bonds. The van der Waals surface area contributed by atoms with Crippen molar-refractivity contribution in [2.75, 3.05) is 33.2 Å². The van der Waals surface area contributed by atoms with Gasteiger partial charge in [0.25, 0.3) is 0 Å². The van der Waals surface area contributed by atoms with E-state index in [0.717, 1.165) is 45.3 Å². The van der Waals surface area contributed by atoms with Crippen LogP contribution in [0.1, 0.15) is 32.6 Å². The molecule has 2 fully saturated rings. The zero-order valence-electron chi connectivity index (χ0n) is 13.2. The highest BCUT2D eigenvalue weighted by Gasteiger charge is 2.28. The Morgan fingerprint density at radius 1 is 1.33 bits per heavy atom. The molecule has 0 bridgehead atoms. The van der Waals surface area contributed by atoms with Crippen molar-refractivity contribution in [2.45, 2.75) is 44.7 Å². The Labute approximate surface area is 127 Å². The van der Waals surface area contributed by atoms with Gasteiger partial charge in [-0.15, -0.1) is 0 Å². The van der Waals surface area contributed by atoms with E-state index in [-0.39, 0.29) is 23.9 Å². The number of rotatable bonds is 5. The highest BCUT2D eigenvalue weighted by molar-refractivity contribution is 5.82. The van der Waals surface area contributed by atoms with Crippen LogP contribution in [0.5, 0.6) is 0 Å². The molecule has 0 radical (unpaired) electrons. The van der Waals surface area contributed by atoms with Gasteiger partial charge in [0.05, 0.1) is 12.1 Å². The molecule has 2 aliphatic rings. The molecule has 2 heterocycles. The first-order valence-electron chi connectivity index (χ1n) is 8.08. The number of amides is 2. The quantitative estimate of drug-likeness (QED) is 0.651. The number of hydrogen-bond donors (Lipinski definition) is 3. The summed E-state index contributed by atoms with van der Waals surface area (Å²) >= 11 is 0. The summed E-state index contributed by atoms with van der Waals surface area (Å²) in [6, 6.07) is -0.0977. The highest BCUT2D eigenvalue weighted by atomic mass is 16.2. The summed E-state index contributed by atoms with van der Waals surface area (Å²) in [4.78, 5) is 25.9. The minimum Gasteiger partial charge on any atom is -0.358 e. The Hall–Kier alpha value is -1.14. The van der Waals surface area contributed by atoms with Gasteiger partial charge >= 0.3 is 0 Å². The smallest absolute Gasteiger partial charge is 0.237 e. The van der Waals surface area contributed by atoms with Gasteiger partial charge in [0.15, 0.2) is 0 Å². The van der Waals surface area contributed by atoms with Gasteiger partial charge in [0.1, 0.15) is 0 Å². The molecule has 2 rings (SSSR count). The van der Waals surface area contributed by atoms with Gasteiger partial charge in [-0.05, 0) is 51.6 Å². The van der Waals surface area contributed by atoms with Crippen molar-refractivity contribution in [3.63, 3.8) is 0 Å². The Bertz CT molecular complexity index is 369. The molecular formula is C15H28N4O2. The fourth-order valence-corrected chi connectivity index (χ4v) is 3.27. The third-order valence-electron chi connectivity index (χ3n) is 4.67. The zero-order valence-corrected chi connectivity index (χ0v) is 13.2. The molecule has 0 aromatic rings. The van der Waals surface area contributed by atoms with Crippen molar-refractivity contribution in [2.24, 2.45) is 5.92 Å². The SMILES string of the molecule is CNC(=O)C(C)N1CCCC(CNC(=O)C2CCCN2)C1. The van der Waals surface area contributed by atoms with E-state index in [4.69, 9.17) is 0 Å². The molecule has 6 nitrogen and oxygen atoms in total. The lowest BCUT2D eigenvalue weighted by Crippen LogP contribution is -2.50. The normalized spacial score (nSPS) is 28.1. The molecule has 0 aliphatic carbocycles. The van der Waals surface area contributed by atoms with E-state index < -0.39 is 0 Å². The van der Waals surface area contributed by atoms with Gasteiger partial charge in [0.2, 0.25) is 11.8 Å². The molecule has 6 heteroatoms. The van der Waals surface area contributed by atoms with Crippen LogP contribution in [0.4, 0.5) is 0 Å². The molecule has 2 aliphatic heterocycles. The second kappa shape index (κ2) is 7.75. The van der Waals surface area contributed by atoms with E-state index in [1.165, 1.54) is 0 Å². The van der Waals surface area contributed by atoms with Crippen molar-refractivity contribution in [3.8, 4) is 0 Å². The highest BCUT2D eigenvalue weighted by Crippen LogP contribution is 2.18. The zero-order chi connectivity index (χ0) is 15.2. The van der Waals surface area contributed by atoms with Crippen LogP contribution >= 0.6 is 0 Å². The first kappa shape index (κ1) is 16.2. The van der Waals surface area contributed by atoms with Gasteiger partial charge < -0.3 is 16.0 Å². The molecular weight excluding hydrogens is 268 g/mol. The Balaban J connectivity index is 1.75. The number of likely N-dealkylation sites (N-methyl/N-ethyl adjacent to an activating group) is 1. The second-order valence-electron chi connectivity index (χ2n) is 6.19. The van der Waals surface area contributed by atoms with E-state index in [1.54, 1.807) is 7.05 Å². The number of hydrogen-bond acceptors (Lipinski definition) is 4. The number of nitrogens with zero attached hydrogens (tertiary/aromatic N) is 1. The topological polar surface area (TPSA) is 73.5 Å². The number of piperidine rings is 1. The summed E-state index contributed by atoms with van der Waals surface area (Å²) in [6.45, 7) is 5.45. The van der Waals surface area contributed by atoms with Crippen molar-refractivity contribution < 1.29 is 9.59 Å². The summed E-state index contributed by atoms with van der Waals surface area (Å²) in [5.74, 6) is 0.634. The number of carbonyl (C=O) groups excluding carboxylic acids is 2. The Morgan fingerprint density at radius 3 is 2.81 bits per heavy atom. The largest absolute Gasteiger partial charge is 0.358 e. The molecule has 120 valence electrons. The van der Waals surface area contributed by atoms with Crippen molar-refractivity contribution in [1.29, 1.82) is 0 Å². The lowest BCUT2D eigenvalue weighted by Gasteiger charge is -2.36. The Morgan fingerprint density at radius 2 is 2.14 bits per heavy atom. The fraction of sp³-hybridized carbons (Fsp3) is 0.867. The van der Waals surface area contributed by atoms with Gasteiger partial charge in [-0.2, -0.15) is 0 Å². The molecule has 3 N–H and O–H groups in total. The molecule has 0 aromatic heterocycles. The van der Waals surface area contributed by atoms with E-state index in [2.05, 4.69) is 20.9 Å². The van der Waals surface area contributed by atoms with Crippen LogP contribution in [0.15, 0.2) is 0 Å². The number of nitrogens with one attached hydrogen (secondary N) is 3. The van der Waals surface area contributed by atoms with Crippen molar-refractivity contribution in [3.05, 3.63) is 0 Å². The third kappa shape index (κ3) is 4.41. The standard InChI is InChI=1S/C15H28N4O2/c1-11(14(20)16-2)19-8-4-5-12(10-19)9-18-15(21)13-6-3-7-17-13/h11-13,17H,3-10H2,1-2H3,(H,16,20)(H,18,21). The predicted molar refractivity (Wildman–Crippen MR) is 81.9 cm³/mol. The van der Waals surface area contributed by atoms with E-state index in [1.807, 2.05) is 6.92 Å². The van der Waals surface area contributed by atoms with E-state index in [9.17, 15) is 9.59 Å². The van der Waals surface area contributed by atoms with E-state index in [0.29, 0.717) is 12.5 Å². The maximum atomic E-state index is 12.0. The van der Waals surface area contributed by atoms with E-state index >= 15 is 0 Å². The summed E-state index contributed by atoms with van der Waals surface area (Å²) in [5.41, 5.74) is 0. The molecule has 21 heavy (non-hydrogen) atoms. The first-order chi connectivity index (χ1) is 10.1. The maximum Gasteiger partial charge on any atom is 0.237 e. The molecule has 0 spiro atoms. The van der Waals surface area contributed by atoms with Crippen LogP contribution in [-0.2, 0) is 9.59 Å². The second-order valence-corrected chi connectivity index (χ2v) is 6.19. The average molecular weight is 296 g/mol. The third-order valence-corrected chi connectivity index (χ3v) is 4.67. The summed E-state index contributed by atoms with van der Waals surface area (Å²) in [7, 11) is 1.68. The van der Waals surface area contributed by atoms with Crippen molar-refractivity contribution in [1.82, 2.24) is 20.9 Å². The molecule has 3 atom stereocenters. The number of likely N-dealkylation sites (tertiary alicyclic amines) is 1. The summed E-state index contributed by atoms with van der Waals surface area (Å²) in [5, 5.41) is 8.99. The maximum absolute atomic E-state index is 12.0. The molecule has 0 saturated carbocycles. The Kier molecular flexibility index (Phi) is 5.99. The van der Waals surface area contributed by atoms with Gasteiger partial charge in [-0.25, -0.2) is 0 Å².